The highest BCUT2D eigenvalue weighted by molar-refractivity contribution is 6.04. The molecule has 0 atom stereocenters. The Kier molecular flexibility index (Phi) is 4.38. The largest absolute Gasteiger partial charge is 0.324 e. The SMILES string of the molecule is N#Cc1ccc(NC(=O)Nc2ncccc2N2CCCC2=O)cc1. The van der Waals surface area contributed by atoms with Crippen molar-refractivity contribution in [2.75, 3.05) is 22.1 Å². The van der Waals surface area contributed by atoms with Crippen molar-refractivity contribution in [1.29, 1.82) is 5.26 Å². The maximum atomic E-state index is 12.2. The first kappa shape index (κ1) is 15.5. The lowest BCUT2D eigenvalue weighted by Crippen LogP contribution is -2.27. The van der Waals surface area contributed by atoms with Crippen LogP contribution in [0.3, 0.4) is 0 Å². The zero-order chi connectivity index (χ0) is 16.9. The molecule has 0 radical (unpaired) electrons. The van der Waals surface area contributed by atoms with Crippen LogP contribution < -0.4 is 15.5 Å². The summed E-state index contributed by atoms with van der Waals surface area (Å²) in [4.78, 5) is 29.8. The molecule has 1 fully saturated rings. The first-order valence-electron chi connectivity index (χ1n) is 7.51. The first-order chi connectivity index (χ1) is 11.7. The highest BCUT2D eigenvalue weighted by Crippen LogP contribution is 2.27. The quantitative estimate of drug-likeness (QED) is 0.908. The molecule has 1 saturated heterocycles. The molecule has 1 aromatic heterocycles. The predicted octanol–water partition coefficient (Wildman–Crippen LogP) is 2.72. The van der Waals surface area contributed by atoms with Crippen LogP contribution in [0.5, 0.6) is 0 Å². The van der Waals surface area contributed by atoms with Crippen molar-refractivity contribution in [3.05, 3.63) is 48.2 Å². The van der Waals surface area contributed by atoms with Gasteiger partial charge in [0.2, 0.25) is 5.91 Å². The van der Waals surface area contributed by atoms with Gasteiger partial charge in [0.15, 0.2) is 5.82 Å². The third kappa shape index (κ3) is 3.33. The summed E-state index contributed by atoms with van der Waals surface area (Å²) in [7, 11) is 0. The van der Waals surface area contributed by atoms with Crippen molar-refractivity contribution in [2.24, 2.45) is 0 Å². The van der Waals surface area contributed by atoms with Gasteiger partial charge in [-0.3, -0.25) is 10.1 Å². The molecular weight excluding hydrogens is 306 g/mol. The third-order valence-electron chi connectivity index (χ3n) is 3.65. The Labute approximate surface area is 138 Å². The Morgan fingerprint density at radius 3 is 2.67 bits per heavy atom. The lowest BCUT2D eigenvalue weighted by molar-refractivity contribution is -0.117. The summed E-state index contributed by atoms with van der Waals surface area (Å²) in [5, 5.41) is 14.1. The predicted molar refractivity (Wildman–Crippen MR) is 89.6 cm³/mol. The number of nitrogens with one attached hydrogen (secondary N) is 2. The summed E-state index contributed by atoms with van der Waals surface area (Å²) in [5.74, 6) is 0.359. The molecule has 7 heteroatoms. The van der Waals surface area contributed by atoms with Crippen molar-refractivity contribution in [2.45, 2.75) is 12.8 Å². The van der Waals surface area contributed by atoms with E-state index in [1.54, 1.807) is 47.5 Å². The number of benzene rings is 1. The number of urea groups is 1. The molecule has 0 bridgehead atoms. The van der Waals surface area contributed by atoms with Crippen molar-refractivity contribution >= 4 is 29.1 Å². The maximum absolute atomic E-state index is 12.2. The van der Waals surface area contributed by atoms with Gasteiger partial charge in [-0.25, -0.2) is 9.78 Å². The van der Waals surface area contributed by atoms with Crippen molar-refractivity contribution in [3.63, 3.8) is 0 Å². The van der Waals surface area contributed by atoms with E-state index in [-0.39, 0.29) is 5.91 Å². The number of hydrogen-bond acceptors (Lipinski definition) is 4. The summed E-state index contributed by atoms with van der Waals surface area (Å²) in [5.41, 5.74) is 1.66. The van der Waals surface area contributed by atoms with E-state index in [0.29, 0.717) is 35.7 Å². The Bertz CT molecular complexity index is 810. The van der Waals surface area contributed by atoms with Crippen molar-refractivity contribution < 1.29 is 9.59 Å². The smallest absolute Gasteiger partial charge is 0.309 e. The van der Waals surface area contributed by atoms with E-state index in [1.165, 1.54) is 0 Å². The molecule has 2 aromatic rings. The number of hydrogen-bond donors (Lipinski definition) is 2. The fourth-order valence-corrected chi connectivity index (χ4v) is 2.51. The standard InChI is InChI=1S/C17H15N5O2/c18-11-12-5-7-13(8-6-12)20-17(24)21-16-14(3-1-9-19-16)22-10-2-4-15(22)23/h1,3,5-9H,2,4,10H2,(H2,19,20,21,24). The Balaban J connectivity index is 1.72. The van der Waals surface area contributed by atoms with Crippen LogP contribution in [0.25, 0.3) is 0 Å². The van der Waals surface area contributed by atoms with Gasteiger partial charge in [0.1, 0.15) is 0 Å². The zero-order valence-electron chi connectivity index (χ0n) is 12.8. The number of rotatable bonds is 3. The second kappa shape index (κ2) is 6.79. The average Bonchev–Trinajstić information content (AvgIpc) is 3.02. The molecular formula is C17H15N5O2. The molecule has 0 unspecified atom stereocenters. The van der Waals surface area contributed by atoms with E-state index in [2.05, 4.69) is 15.6 Å². The minimum Gasteiger partial charge on any atom is -0.309 e. The number of pyridine rings is 1. The van der Waals surface area contributed by atoms with Crippen LogP contribution in [-0.2, 0) is 4.79 Å². The molecule has 2 heterocycles. The Morgan fingerprint density at radius 2 is 2.00 bits per heavy atom. The molecule has 0 spiro atoms. The van der Waals surface area contributed by atoms with Crippen LogP contribution in [0.2, 0.25) is 0 Å². The second-order valence-electron chi connectivity index (χ2n) is 5.29. The molecule has 0 aliphatic carbocycles. The van der Waals surface area contributed by atoms with Crippen molar-refractivity contribution in [3.8, 4) is 6.07 Å². The minimum atomic E-state index is -0.466. The molecule has 3 amide bonds. The van der Waals surface area contributed by atoms with E-state index in [9.17, 15) is 9.59 Å². The molecule has 24 heavy (non-hydrogen) atoms. The lowest BCUT2D eigenvalue weighted by atomic mass is 10.2. The van der Waals surface area contributed by atoms with Crippen LogP contribution in [-0.4, -0.2) is 23.5 Å². The number of nitriles is 1. The van der Waals surface area contributed by atoms with Gasteiger partial charge in [-0.1, -0.05) is 0 Å². The lowest BCUT2D eigenvalue weighted by Gasteiger charge is -2.19. The summed E-state index contributed by atoms with van der Waals surface area (Å²) < 4.78 is 0. The van der Waals surface area contributed by atoms with Crippen LogP contribution in [0.4, 0.5) is 22.0 Å². The number of nitrogens with zero attached hydrogens (tertiary/aromatic N) is 3. The van der Waals surface area contributed by atoms with Gasteiger partial charge >= 0.3 is 6.03 Å². The highest BCUT2D eigenvalue weighted by Gasteiger charge is 2.24. The average molecular weight is 321 g/mol. The summed E-state index contributed by atoms with van der Waals surface area (Å²) >= 11 is 0. The van der Waals surface area contributed by atoms with Gasteiger partial charge in [0, 0.05) is 24.8 Å². The molecule has 2 N–H and O–H groups in total. The highest BCUT2D eigenvalue weighted by atomic mass is 16.2. The number of amides is 3. The van der Waals surface area contributed by atoms with Gasteiger partial charge in [-0.2, -0.15) is 5.26 Å². The number of anilines is 3. The summed E-state index contributed by atoms with van der Waals surface area (Å²) in [6, 6.07) is 11.5. The normalized spacial score (nSPS) is 13.5. The number of aromatic nitrogens is 1. The van der Waals surface area contributed by atoms with Crippen LogP contribution in [0.15, 0.2) is 42.6 Å². The molecule has 0 saturated carbocycles. The van der Waals surface area contributed by atoms with E-state index in [4.69, 9.17) is 5.26 Å². The number of carbonyl (C=O) groups excluding carboxylic acids is 2. The first-order valence-corrected chi connectivity index (χ1v) is 7.51. The molecule has 1 aliphatic heterocycles. The fraction of sp³-hybridized carbons (Fsp3) is 0.176. The fourth-order valence-electron chi connectivity index (χ4n) is 2.51. The van der Waals surface area contributed by atoms with Gasteiger partial charge in [0.25, 0.3) is 0 Å². The van der Waals surface area contributed by atoms with Gasteiger partial charge in [0.05, 0.1) is 17.3 Å². The van der Waals surface area contributed by atoms with Crippen molar-refractivity contribution in [1.82, 2.24) is 4.98 Å². The van der Waals surface area contributed by atoms with Crippen LogP contribution in [0, 0.1) is 11.3 Å². The van der Waals surface area contributed by atoms with Crippen LogP contribution >= 0.6 is 0 Å². The third-order valence-corrected chi connectivity index (χ3v) is 3.65. The van der Waals surface area contributed by atoms with E-state index in [1.807, 2.05) is 6.07 Å². The zero-order valence-corrected chi connectivity index (χ0v) is 12.8. The van der Waals surface area contributed by atoms with E-state index < -0.39 is 6.03 Å². The summed E-state index contributed by atoms with van der Waals surface area (Å²) in [6.45, 7) is 0.621. The molecule has 120 valence electrons. The Hall–Kier alpha value is -3.40. The maximum Gasteiger partial charge on any atom is 0.324 e. The van der Waals surface area contributed by atoms with Gasteiger partial charge in [-0.15, -0.1) is 0 Å². The topological polar surface area (TPSA) is 98.1 Å². The van der Waals surface area contributed by atoms with E-state index in [0.717, 1.165) is 6.42 Å². The van der Waals surface area contributed by atoms with Gasteiger partial charge in [-0.05, 0) is 42.8 Å². The Morgan fingerprint density at radius 1 is 1.21 bits per heavy atom. The second-order valence-corrected chi connectivity index (χ2v) is 5.29. The molecule has 1 aromatic carbocycles. The van der Waals surface area contributed by atoms with Gasteiger partial charge < -0.3 is 10.2 Å². The monoisotopic (exact) mass is 321 g/mol. The minimum absolute atomic E-state index is 0.0264. The molecule has 1 aliphatic rings. The summed E-state index contributed by atoms with van der Waals surface area (Å²) in [6.07, 6.45) is 2.86. The molecule has 3 rings (SSSR count). The molecule has 7 nitrogen and oxygen atoms in total. The van der Waals surface area contributed by atoms with E-state index >= 15 is 0 Å². The van der Waals surface area contributed by atoms with Crippen LogP contribution in [0.1, 0.15) is 18.4 Å². The number of carbonyl (C=O) groups is 2.